The average molecular weight is 279 g/mol. The molecule has 104 valence electrons. The topological polar surface area (TPSA) is 74.5 Å². The number of nitriles is 1. The number of hydrogen-bond donors (Lipinski definition) is 1. The molecule has 2 rings (SSSR count). The highest BCUT2D eigenvalue weighted by atomic mass is 16.5. The van der Waals surface area contributed by atoms with Gasteiger partial charge >= 0.3 is 0 Å². The van der Waals surface area contributed by atoms with Crippen LogP contribution in [0.4, 0.5) is 0 Å². The van der Waals surface area contributed by atoms with E-state index in [0.29, 0.717) is 11.3 Å². The Balaban J connectivity index is 1.83. The summed E-state index contributed by atoms with van der Waals surface area (Å²) in [7, 11) is 0. The Morgan fingerprint density at radius 2 is 1.90 bits per heavy atom. The highest BCUT2D eigenvalue weighted by Gasteiger charge is 2.05. The van der Waals surface area contributed by atoms with E-state index in [1.807, 2.05) is 36.4 Å². The van der Waals surface area contributed by atoms with Gasteiger partial charge in [-0.05, 0) is 17.7 Å². The smallest absolute Gasteiger partial charge is 0.277 e. The Labute approximate surface area is 122 Å². The average Bonchev–Trinajstić information content (AvgIpc) is 2.54. The number of nitrogens with zero attached hydrogens (tertiary/aromatic N) is 2. The zero-order valence-electron chi connectivity index (χ0n) is 11.2. The molecule has 0 aliphatic carbocycles. The maximum Gasteiger partial charge on any atom is 0.277 e. The van der Waals surface area contributed by atoms with Crippen LogP contribution in [-0.2, 0) is 4.79 Å². The Hall–Kier alpha value is -3.13. The first kappa shape index (κ1) is 14.3. The van der Waals surface area contributed by atoms with Crippen LogP contribution in [-0.4, -0.2) is 18.7 Å². The first-order chi connectivity index (χ1) is 10.3. The molecule has 0 aliphatic rings. The van der Waals surface area contributed by atoms with Crippen LogP contribution in [0.5, 0.6) is 5.75 Å². The number of benzene rings is 2. The molecule has 0 heterocycles. The third kappa shape index (κ3) is 4.48. The molecule has 21 heavy (non-hydrogen) atoms. The maximum absolute atomic E-state index is 11.6. The summed E-state index contributed by atoms with van der Waals surface area (Å²) in [6, 6.07) is 18.1. The standard InChI is InChI=1S/C16H13N3O2/c17-10-14-8-4-5-9-15(14)21-12-16(20)19-18-11-13-6-2-1-3-7-13/h1-9,11H,12H2,(H,19,20). The van der Waals surface area contributed by atoms with Gasteiger partial charge < -0.3 is 4.74 Å². The zero-order chi connectivity index (χ0) is 14.9. The second-order valence-electron chi connectivity index (χ2n) is 4.10. The fourth-order valence-electron chi connectivity index (χ4n) is 1.58. The molecule has 0 aromatic heterocycles. The van der Waals surface area contributed by atoms with Crippen molar-refractivity contribution in [2.24, 2.45) is 5.10 Å². The van der Waals surface area contributed by atoms with Crippen molar-refractivity contribution in [2.75, 3.05) is 6.61 Å². The van der Waals surface area contributed by atoms with Crippen molar-refractivity contribution in [1.82, 2.24) is 5.43 Å². The maximum atomic E-state index is 11.6. The van der Waals surface area contributed by atoms with Crippen LogP contribution in [0.15, 0.2) is 59.7 Å². The Morgan fingerprint density at radius 1 is 1.19 bits per heavy atom. The molecule has 2 aromatic rings. The number of nitrogens with one attached hydrogen (secondary N) is 1. The Kier molecular flexibility index (Phi) is 5.07. The highest BCUT2D eigenvalue weighted by molar-refractivity contribution is 5.82. The fourth-order valence-corrected chi connectivity index (χ4v) is 1.58. The molecular formula is C16H13N3O2. The van der Waals surface area contributed by atoms with E-state index in [0.717, 1.165) is 5.56 Å². The van der Waals surface area contributed by atoms with Crippen LogP contribution in [0, 0.1) is 11.3 Å². The lowest BCUT2D eigenvalue weighted by molar-refractivity contribution is -0.123. The Morgan fingerprint density at radius 3 is 2.67 bits per heavy atom. The van der Waals surface area contributed by atoms with Gasteiger partial charge in [-0.25, -0.2) is 5.43 Å². The van der Waals surface area contributed by atoms with E-state index < -0.39 is 5.91 Å². The van der Waals surface area contributed by atoms with Crippen LogP contribution in [0.25, 0.3) is 0 Å². The lowest BCUT2D eigenvalue weighted by atomic mass is 10.2. The van der Waals surface area contributed by atoms with E-state index in [-0.39, 0.29) is 6.61 Å². The number of carbonyl (C=O) groups is 1. The summed E-state index contributed by atoms with van der Waals surface area (Å²) in [5, 5.41) is 12.7. The minimum Gasteiger partial charge on any atom is -0.482 e. The van der Waals surface area contributed by atoms with E-state index >= 15 is 0 Å². The first-order valence-corrected chi connectivity index (χ1v) is 6.28. The summed E-state index contributed by atoms with van der Waals surface area (Å²) < 4.78 is 5.28. The summed E-state index contributed by atoms with van der Waals surface area (Å²) in [4.78, 5) is 11.6. The minimum atomic E-state index is -0.394. The molecule has 0 spiro atoms. The SMILES string of the molecule is N#Cc1ccccc1OCC(=O)NN=Cc1ccccc1. The van der Waals surface area contributed by atoms with Gasteiger partial charge in [0.15, 0.2) is 6.61 Å². The number of amides is 1. The van der Waals surface area contributed by atoms with Crippen molar-refractivity contribution in [3.8, 4) is 11.8 Å². The molecule has 1 amide bonds. The van der Waals surface area contributed by atoms with Gasteiger partial charge in [-0.15, -0.1) is 0 Å². The van der Waals surface area contributed by atoms with Crippen LogP contribution >= 0.6 is 0 Å². The third-order valence-corrected chi connectivity index (χ3v) is 2.57. The zero-order valence-corrected chi connectivity index (χ0v) is 11.2. The van der Waals surface area contributed by atoms with Gasteiger partial charge in [0.2, 0.25) is 0 Å². The predicted molar refractivity (Wildman–Crippen MR) is 78.8 cm³/mol. The number of hydrogen-bond acceptors (Lipinski definition) is 4. The molecule has 5 heteroatoms. The van der Waals surface area contributed by atoms with Crippen molar-refractivity contribution in [2.45, 2.75) is 0 Å². The van der Waals surface area contributed by atoms with E-state index in [9.17, 15) is 4.79 Å². The summed E-state index contributed by atoms with van der Waals surface area (Å²) in [5.41, 5.74) is 3.63. The molecule has 5 nitrogen and oxygen atoms in total. The molecule has 0 fully saturated rings. The molecule has 0 saturated heterocycles. The summed E-state index contributed by atoms with van der Waals surface area (Å²) in [6.45, 7) is -0.204. The molecule has 0 radical (unpaired) electrons. The monoisotopic (exact) mass is 279 g/mol. The van der Waals surface area contributed by atoms with Crippen LogP contribution < -0.4 is 10.2 Å². The van der Waals surface area contributed by atoms with Crippen LogP contribution in [0.2, 0.25) is 0 Å². The molecule has 0 bridgehead atoms. The van der Waals surface area contributed by atoms with Gasteiger partial charge in [-0.1, -0.05) is 42.5 Å². The molecule has 2 aromatic carbocycles. The van der Waals surface area contributed by atoms with E-state index in [2.05, 4.69) is 10.5 Å². The van der Waals surface area contributed by atoms with Crippen molar-refractivity contribution >= 4 is 12.1 Å². The molecule has 0 saturated carbocycles. The molecule has 0 atom stereocenters. The van der Waals surface area contributed by atoms with Gasteiger partial charge in [0.05, 0.1) is 11.8 Å². The second-order valence-corrected chi connectivity index (χ2v) is 4.10. The summed E-state index contributed by atoms with van der Waals surface area (Å²) in [6.07, 6.45) is 1.54. The normalized spacial score (nSPS) is 10.0. The number of rotatable bonds is 5. The van der Waals surface area contributed by atoms with Crippen LogP contribution in [0.1, 0.15) is 11.1 Å². The van der Waals surface area contributed by atoms with Crippen LogP contribution in [0.3, 0.4) is 0 Å². The summed E-state index contributed by atoms with van der Waals surface area (Å²) >= 11 is 0. The Bertz CT molecular complexity index is 675. The van der Waals surface area contributed by atoms with Gasteiger partial charge in [-0.3, -0.25) is 4.79 Å². The highest BCUT2D eigenvalue weighted by Crippen LogP contribution is 2.15. The molecule has 0 unspecified atom stereocenters. The van der Waals surface area contributed by atoms with Crippen molar-refractivity contribution < 1.29 is 9.53 Å². The van der Waals surface area contributed by atoms with Gasteiger partial charge in [-0.2, -0.15) is 10.4 Å². The first-order valence-electron chi connectivity index (χ1n) is 6.28. The van der Waals surface area contributed by atoms with Crippen molar-refractivity contribution in [3.05, 3.63) is 65.7 Å². The van der Waals surface area contributed by atoms with Gasteiger partial charge in [0.1, 0.15) is 11.8 Å². The number of carbonyl (C=O) groups excluding carboxylic acids is 1. The van der Waals surface area contributed by atoms with Crippen molar-refractivity contribution in [3.63, 3.8) is 0 Å². The van der Waals surface area contributed by atoms with Gasteiger partial charge in [0, 0.05) is 0 Å². The lowest BCUT2D eigenvalue weighted by Gasteiger charge is -2.06. The predicted octanol–water partition coefficient (Wildman–Crippen LogP) is 2.09. The number of ether oxygens (including phenoxy) is 1. The third-order valence-electron chi connectivity index (χ3n) is 2.57. The van der Waals surface area contributed by atoms with Crippen molar-refractivity contribution in [1.29, 1.82) is 5.26 Å². The number of hydrazone groups is 1. The summed E-state index contributed by atoms with van der Waals surface area (Å²) in [5.74, 6) is -0.0166. The van der Waals surface area contributed by atoms with E-state index in [1.165, 1.54) is 0 Å². The second kappa shape index (κ2) is 7.46. The molecule has 0 aliphatic heterocycles. The molecule has 1 N–H and O–H groups in total. The lowest BCUT2D eigenvalue weighted by Crippen LogP contribution is -2.24. The van der Waals surface area contributed by atoms with E-state index in [1.54, 1.807) is 30.5 Å². The fraction of sp³-hybridized carbons (Fsp3) is 0.0625. The quantitative estimate of drug-likeness (QED) is 0.672. The minimum absolute atomic E-state index is 0.204. The largest absolute Gasteiger partial charge is 0.482 e. The number of para-hydroxylation sites is 1. The van der Waals surface area contributed by atoms with E-state index in [4.69, 9.17) is 10.00 Å². The molecular weight excluding hydrogens is 266 g/mol. The van der Waals surface area contributed by atoms with Gasteiger partial charge in [0.25, 0.3) is 5.91 Å².